The van der Waals surface area contributed by atoms with E-state index in [2.05, 4.69) is 22.5 Å². The number of nitrogens with one attached hydrogen (secondary N) is 2. The first-order chi connectivity index (χ1) is 13.5. The zero-order valence-corrected chi connectivity index (χ0v) is 17.5. The molecule has 3 rings (SSSR count). The molecule has 0 saturated heterocycles. The summed E-state index contributed by atoms with van der Waals surface area (Å²) in [6.07, 6.45) is 3.40. The van der Waals surface area contributed by atoms with E-state index < -0.39 is 0 Å². The topological polar surface area (TPSA) is 74.2 Å². The summed E-state index contributed by atoms with van der Waals surface area (Å²) in [5, 5.41) is 17.3. The maximum Gasteiger partial charge on any atom is 0.226 e. The van der Waals surface area contributed by atoms with Gasteiger partial charge in [-0.15, -0.1) is 11.3 Å². The van der Waals surface area contributed by atoms with Gasteiger partial charge in [0.2, 0.25) is 5.91 Å². The number of anilines is 1. The van der Waals surface area contributed by atoms with Crippen LogP contribution in [0.5, 0.6) is 5.75 Å². The summed E-state index contributed by atoms with van der Waals surface area (Å²) in [6.45, 7) is 3.92. The van der Waals surface area contributed by atoms with Gasteiger partial charge in [-0.3, -0.25) is 4.79 Å². The van der Waals surface area contributed by atoms with E-state index >= 15 is 0 Å². The molecule has 0 bridgehead atoms. The number of carbonyl (C=O) groups is 1. The van der Waals surface area contributed by atoms with Crippen LogP contribution in [0.4, 0.5) is 5.69 Å². The van der Waals surface area contributed by atoms with Crippen LogP contribution in [0, 0.1) is 6.92 Å². The van der Waals surface area contributed by atoms with Gasteiger partial charge in [0.15, 0.2) is 5.11 Å². The summed E-state index contributed by atoms with van der Waals surface area (Å²) < 4.78 is 1.06. The van der Waals surface area contributed by atoms with Gasteiger partial charge in [-0.1, -0.05) is 31.9 Å². The molecule has 0 radical (unpaired) electrons. The van der Waals surface area contributed by atoms with E-state index in [1.807, 2.05) is 31.2 Å². The third-order valence-corrected chi connectivity index (χ3v) is 5.62. The number of carbonyl (C=O) groups excluding carboxylic acids is 1. The lowest BCUT2D eigenvalue weighted by Gasteiger charge is -2.13. The second-order valence-corrected chi connectivity index (χ2v) is 8.07. The number of benzene rings is 2. The van der Waals surface area contributed by atoms with Crippen molar-refractivity contribution in [3.8, 4) is 16.3 Å². The molecule has 0 aliphatic rings. The second kappa shape index (κ2) is 9.12. The first kappa shape index (κ1) is 20.2. The lowest BCUT2D eigenvalue weighted by Crippen LogP contribution is -2.33. The molecule has 1 amide bonds. The first-order valence-corrected chi connectivity index (χ1v) is 10.5. The minimum absolute atomic E-state index is 0.0900. The second-order valence-electron chi connectivity index (χ2n) is 6.64. The number of thiazole rings is 1. The third kappa shape index (κ3) is 4.85. The predicted octanol–water partition coefficient (Wildman–Crippen LogP) is 5.37. The Hall–Kier alpha value is -2.51. The molecule has 28 heavy (non-hydrogen) atoms. The van der Waals surface area contributed by atoms with Crippen LogP contribution in [0.15, 0.2) is 36.4 Å². The molecule has 0 aliphatic carbocycles. The number of fused-ring (bicyclic) bond motifs is 1. The number of nitrogens with zero attached hydrogens (tertiary/aromatic N) is 1. The van der Waals surface area contributed by atoms with E-state index in [9.17, 15) is 9.90 Å². The summed E-state index contributed by atoms with van der Waals surface area (Å²) in [6, 6.07) is 11.5. The molecular weight excluding hydrogens is 390 g/mol. The predicted molar refractivity (Wildman–Crippen MR) is 120 cm³/mol. The van der Waals surface area contributed by atoms with Gasteiger partial charge in [0, 0.05) is 12.1 Å². The number of phenolic OH excluding ortho intramolecular Hbond substituents is 1. The lowest BCUT2D eigenvalue weighted by atomic mass is 10.1. The van der Waals surface area contributed by atoms with Crippen molar-refractivity contribution in [2.75, 3.05) is 5.32 Å². The van der Waals surface area contributed by atoms with Crippen molar-refractivity contribution in [2.45, 2.75) is 39.5 Å². The smallest absolute Gasteiger partial charge is 0.226 e. The molecule has 1 aromatic heterocycles. The molecule has 146 valence electrons. The van der Waals surface area contributed by atoms with Gasteiger partial charge in [-0.05, 0) is 55.4 Å². The van der Waals surface area contributed by atoms with E-state index in [4.69, 9.17) is 12.2 Å². The van der Waals surface area contributed by atoms with Gasteiger partial charge in [0.1, 0.15) is 10.8 Å². The van der Waals surface area contributed by atoms with Crippen LogP contribution in [-0.2, 0) is 4.79 Å². The Morgan fingerprint density at radius 3 is 2.79 bits per heavy atom. The van der Waals surface area contributed by atoms with Gasteiger partial charge < -0.3 is 15.7 Å². The van der Waals surface area contributed by atoms with Gasteiger partial charge in [0.25, 0.3) is 0 Å². The van der Waals surface area contributed by atoms with E-state index in [0.717, 1.165) is 34.5 Å². The number of hydrogen-bond acceptors (Lipinski definition) is 5. The summed E-state index contributed by atoms with van der Waals surface area (Å²) >= 11 is 6.78. The summed E-state index contributed by atoms with van der Waals surface area (Å²) in [4.78, 5) is 16.6. The fraction of sp³-hybridized carbons (Fsp3) is 0.286. The van der Waals surface area contributed by atoms with Crippen molar-refractivity contribution >= 4 is 50.5 Å². The van der Waals surface area contributed by atoms with Crippen LogP contribution in [0.1, 0.15) is 38.2 Å². The Kier molecular flexibility index (Phi) is 6.59. The number of para-hydroxylation sites is 1. The van der Waals surface area contributed by atoms with Crippen LogP contribution in [0.2, 0.25) is 0 Å². The monoisotopic (exact) mass is 413 g/mol. The number of phenols is 1. The third-order valence-electron chi connectivity index (χ3n) is 4.34. The summed E-state index contributed by atoms with van der Waals surface area (Å²) in [7, 11) is 0. The van der Waals surface area contributed by atoms with Gasteiger partial charge in [-0.2, -0.15) is 0 Å². The largest absolute Gasteiger partial charge is 0.507 e. The van der Waals surface area contributed by atoms with Crippen molar-refractivity contribution < 1.29 is 9.90 Å². The van der Waals surface area contributed by atoms with Crippen LogP contribution < -0.4 is 10.6 Å². The number of rotatable bonds is 6. The zero-order valence-electron chi connectivity index (χ0n) is 15.9. The quantitative estimate of drug-likeness (QED) is 0.288. The molecule has 0 spiro atoms. The highest BCUT2D eigenvalue weighted by Gasteiger charge is 2.14. The average molecular weight is 414 g/mol. The van der Waals surface area contributed by atoms with Gasteiger partial charge in [0.05, 0.1) is 15.8 Å². The Labute approximate surface area is 173 Å². The maximum absolute atomic E-state index is 11.9. The Balaban J connectivity index is 1.78. The molecule has 1 heterocycles. The molecule has 3 N–H and O–H groups in total. The van der Waals surface area contributed by atoms with Crippen LogP contribution in [0.3, 0.4) is 0 Å². The molecule has 7 heteroatoms. The van der Waals surface area contributed by atoms with Gasteiger partial charge >= 0.3 is 0 Å². The number of aromatic nitrogens is 1. The molecule has 0 atom stereocenters. The molecule has 0 fully saturated rings. The maximum atomic E-state index is 11.9. The molecule has 5 nitrogen and oxygen atoms in total. The van der Waals surface area contributed by atoms with E-state index in [1.165, 1.54) is 11.3 Å². The number of amides is 1. The molecular formula is C21H23N3O2S2. The van der Waals surface area contributed by atoms with E-state index in [1.54, 1.807) is 12.1 Å². The fourth-order valence-electron chi connectivity index (χ4n) is 2.89. The summed E-state index contributed by atoms with van der Waals surface area (Å²) in [5.41, 5.74) is 2.94. The summed E-state index contributed by atoms with van der Waals surface area (Å²) in [5.74, 6) is 0.104. The van der Waals surface area contributed by atoms with Crippen LogP contribution in [-0.4, -0.2) is 21.1 Å². The highest BCUT2D eigenvalue weighted by Crippen LogP contribution is 2.38. The molecule has 0 saturated carbocycles. The zero-order chi connectivity index (χ0) is 20.1. The highest BCUT2D eigenvalue weighted by molar-refractivity contribution is 7.80. The van der Waals surface area contributed by atoms with Gasteiger partial charge in [-0.25, -0.2) is 4.98 Å². The van der Waals surface area contributed by atoms with Crippen molar-refractivity contribution in [3.63, 3.8) is 0 Å². The fourth-order valence-corrected chi connectivity index (χ4v) is 4.10. The Bertz CT molecular complexity index is 981. The minimum atomic E-state index is -0.0900. The number of unbranched alkanes of at least 4 members (excludes halogenated alkanes) is 2. The van der Waals surface area contributed by atoms with Crippen LogP contribution >= 0.6 is 23.6 Å². The molecule has 2 aromatic carbocycles. The van der Waals surface area contributed by atoms with Crippen LogP contribution in [0.25, 0.3) is 20.8 Å². The number of aryl methyl sites for hydroxylation is 1. The highest BCUT2D eigenvalue weighted by atomic mass is 32.1. The Morgan fingerprint density at radius 1 is 1.25 bits per heavy atom. The number of hydrogen-bond donors (Lipinski definition) is 3. The van der Waals surface area contributed by atoms with Crippen molar-refractivity contribution in [1.82, 2.24) is 10.3 Å². The SMILES string of the molecule is CCCCCC(=O)NC(=S)Nc1cc(C)c(O)c(-c2nc3ccccc3s2)c1. The van der Waals surface area contributed by atoms with Crippen molar-refractivity contribution in [1.29, 1.82) is 0 Å². The first-order valence-electron chi connectivity index (χ1n) is 9.28. The molecule has 0 aliphatic heterocycles. The lowest BCUT2D eigenvalue weighted by molar-refractivity contribution is -0.119. The molecule has 3 aromatic rings. The van der Waals surface area contributed by atoms with E-state index in [0.29, 0.717) is 23.2 Å². The minimum Gasteiger partial charge on any atom is -0.507 e. The van der Waals surface area contributed by atoms with Crippen molar-refractivity contribution in [2.24, 2.45) is 0 Å². The average Bonchev–Trinajstić information content (AvgIpc) is 3.08. The van der Waals surface area contributed by atoms with E-state index in [-0.39, 0.29) is 16.8 Å². The van der Waals surface area contributed by atoms with Crippen molar-refractivity contribution in [3.05, 3.63) is 42.0 Å². The number of aromatic hydroxyl groups is 1. The normalized spacial score (nSPS) is 10.8. The standard InChI is InChI=1S/C21H23N3O2S2/c1-3-4-5-10-18(25)24-21(27)22-14-11-13(2)19(26)15(12-14)20-23-16-8-6-7-9-17(16)28-20/h6-9,11-12,26H,3-5,10H2,1-2H3,(H2,22,24,25,27). The number of thiocarbonyl (C=S) groups is 1. The molecule has 0 unspecified atom stereocenters. The Morgan fingerprint density at radius 2 is 2.04 bits per heavy atom.